The Morgan fingerprint density at radius 1 is 1.41 bits per heavy atom. The highest BCUT2D eigenvalue weighted by atomic mass is 35.5. The van der Waals surface area contributed by atoms with Crippen LogP contribution in [0.15, 0.2) is 18.5 Å². The number of rotatable bonds is 1. The number of carbonyl (C=O) groups is 1. The Balaban J connectivity index is 2.69. The molecule has 2 aromatic heterocycles. The molecule has 0 saturated heterocycles. The van der Waals surface area contributed by atoms with Gasteiger partial charge in [0.15, 0.2) is 5.65 Å². The smallest absolute Gasteiger partial charge is 0.417 e. The second-order valence-corrected chi connectivity index (χ2v) is 3.63. The lowest BCUT2D eigenvalue weighted by molar-refractivity contribution is -0.255. The summed E-state index contributed by atoms with van der Waals surface area (Å²) < 4.78 is 38.2. The van der Waals surface area contributed by atoms with Crippen LogP contribution in [0.5, 0.6) is 0 Å². The van der Waals surface area contributed by atoms with Gasteiger partial charge in [0, 0.05) is 12.4 Å². The first kappa shape index (κ1) is 11.7. The average Bonchev–Trinajstić information content (AvgIpc) is 2.60. The van der Waals surface area contributed by atoms with Crippen molar-refractivity contribution in [1.82, 2.24) is 9.38 Å². The molecule has 90 valence electrons. The SMILES string of the molecule is O=C([O-])c1cn2cc(C(F)(F)F)cc(Cl)c2n1. The third kappa shape index (κ3) is 2.05. The molecule has 0 aliphatic heterocycles. The Hall–Kier alpha value is -1.76. The monoisotopic (exact) mass is 263 g/mol. The van der Waals surface area contributed by atoms with E-state index in [4.69, 9.17) is 11.6 Å². The fraction of sp³-hybridized carbons (Fsp3) is 0.111. The van der Waals surface area contributed by atoms with E-state index in [1.165, 1.54) is 0 Å². The van der Waals surface area contributed by atoms with Gasteiger partial charge in [-0.3, -0.25) is 0 Å². The Morgan fingerprint density at radius 2 is 2.06 bits per heavy atom. The molecule has 0 unspecified atom stereocenters. The second-order valence-electron chi connectivity index (χ2n) is 3.22. The number of alkyl halides is 3. The molecule has 0 aromatic carbocycles. The maximum absolute atomic E-state index is 12.4. The summed E-state index contributed by atoms with van der Waals surface area (Å²) in [5.41, 5.74) is -1.54. The van der Waals surface area contributed by atoms with Gasteiger partial charge >= 0.3 is 6.18 Å². The van der Waals surface area contributed by atoms with Crippen molar-refractivity contribution in [1.29, 1.82) is 0 Å². The first-order chi connectivity index (χ1) is 7.79. The van der Waals surface area contributed by atoms with Crippen LogP contribution < -0.4 is 5.11 Å². The standard InChI is InChI=1S/C9H4ClF3N2O2/c10-5-1-4(9(11,12)13)2-15-3-6(8(16)17)14-7(5)15/h1-3H,(H,16,17)/p-1. The maximum Gasteiger partial charge on any atom is 0.417 e. The summed E-state index contributed by atoms with van der Waals surface area (Å²) in [5.74, 6) is -1.58. The van der Waals surface area contributed by atoms with Gasteiger partial charge in [-0.2, -0.15) is 13.2 Å². The maximum atomic E-state index is 12.4. The number of hydrogen-bond donors (Lipinski definition) is 0. The second kappa shape index (κ2) is 3.63. The number of carboxylic acid groups (broad SMARTS) is 1. The Labute approximate surface area is 97.3 Å². The van der Waals surface area contributed by atoms with Gasteiger partial charge in [0.05, 0.1) is 16.6 Å². The van der Waals surface area contributed by atoms with Crippen molar-refractivity contribution in [2.24, 2.45) is 0 Å². The van der Waals surface area contributed by atoms with Crippen molar-refractivity contribution in [3.63, 3.8) is 0 Å². The molecule has 0 N–H and O–H groups in total. The Morgan fingerprint density at radius 3 is 2.59 bits per heavy atom. The lowest BCUT2D eigenvalue weighted by Gasteiger charge is -2.07. The van der Waals surface area contributed by atoms with Gasteiger partial charge in [-0.15, -0.1) is 0 Å². The largest absolute Gasteiger partial charge is 0.543 e. The van der Waals surface area contributed by atoms with Crippen LogP contribution in [0.4, 0.5) is 13.2 Å². The number of nitrogens with zero attached hydrogens (tertiary/aromatic N) is 2. The third-order valence-corrected chi connectivity index (χ3v) is 2.32. The number of aromatic nitrogens is 2. The molecular formula is C9H3ClF3N2O2-. The van der Waals surface area contributed by atoms with E-state index in [0.717, 1.165) is 10.6 Å². The van der Waals surface area contributed by atoms with Crippen molar-refractivity contribution in [2.45, 2.75) is 6.18 Å². The molecule has 0 radical (unpaired) electrons. The molecule has 0 saturated carbocycles. The summed E-state index contributed by atoms with van der Waals surface area (Å²) in [6.45, 7) is 0. The Bertz CT molecular complexity index is 606. The third-order valence-electron chi connectivity index (χ3n) is 2.04. The zero-order chi connectivity index (χ0) is 12.8. The van der Waals surface area contributed by atoms with Crippen LogP contribution >= 0.6 is 11.6 Å². The molecule has 0 spiro atoms. The molecule has 0 aliphatic carbocycles. The number of halogens is 4. The van der Waals surface area contributed by atoms with Crippen LogP contribution in [0.25, 0.3) is 5.65 Å². The van der Waals surface area contributed by atoms with Crippen LogP contribution in [-0.2, 0) is 6.18 Å². The number of imidazole rings is 1. The van der Waals surface area contributed by atoms with Crippen molar-refractivity contribution in [3.05, 3.63) is 34.7 Å². The topological polar surface area (TPSA) is 57.4 Å². The summed E-state index contributed by atoms with van der Waals surface area (Å²) in [4.78, 5) is 14.0. The number of carboxylic acids is 1. The van der Waals surface area contributed by atoms with E-state index >= 15 is 0 Å². The number of fused-ring (bicyclic) bond motifs is 1. The molecule has 0 aliphatic rings. The number of aromatic carboxylic acids is 1. The van der Waals surface area contributed by atoms with Gasteiger partial charge in [-0.05, 0) is 6.07 Å². The van der Waals surface area contributed by atoms with E-state index in [1.807, 2.05) is 0 Å². The average molecular weight is 264 g/mol. The van der Waals surface area contributed by atoms with Crippen molar-refractivity contribution in [2.75, 3.05) is 0 Å². The van der Waals surface area contributed by atoms with Gasteiger partial charge in [-0.1, -0.05) is 11.6 Å². The number of pyridine rings is 1. The summed E-state index contributed by atoms with van der Waals surface area (Å²) in [6.07, 6.45) is -2.95. The van der Waals surface area contributed by atoms with Gasteiger partial charge in [0.1, 0.15) is 5.69 Å². The lowest BCUT2D eigenvalue weighted by Crippen LogP contribution is -2.22. The fourth-order valence-electron chi connectivity index (χ4n) is 1.31. The molecule has 2 rings (SSSR count). The zero-order valence-corrected chi connectivity index (χ0v) is 8.71. The summed E-state index contributed by atoms with van der Waals surface area (Å²) >= 11 is 5.59. The number of hydrogen-bond acceptors (Lipinski definition) is 3. The van der Waals surface area contributed by atoms with E-state index in [-0.39, 0.29) is 10.7 Å². The summed E-state index contributed by atoms with van der Waals surface area (Å²) in [5, 5.41) is 10.2. The quantitative estimate of drug-likeness (QED) is 0.781. The van der Waals surface area contributed by atoms with Gasteiger partial charge in [0.25, 0.3) is 0 Å². The highest BCUT2D eigenvalue weighted by molar-refractivity contribution is 6.33. The van der Waals surface area contributed by atoms with Crippen LogP contribution in [0, 0.1) is 0 Å². The molecule has 17 heavy (non-hydrogen) atoms. The van der Waals surface area contributed by atoms with E-state index in [9.17, 15) is 23.1 Å². The van der Waals surface area contributed by atoms with Crippen molar-refractivity contribution >= 4 is 23.2 Å². The molecule has 0 bridgehead atoms. The summed E-state index contributed by atoms with van der Waals surface area (Å²) in [6, 6.07) is 0.683. The lowest BCUT2D eigenvalue weighted by atomic mass is 10.3. The minimum absolute atomic E-state index is 0.0705. The molecule has 2 heterocycles. The highest BCUT2D eigenvalue weighted by Gasteiger charge is 2.31. The molecule has 8 heteroatoms. The number of carbonyl (C=O) groups excluding carboxylic acids is 1. The Kier molecular flexibility index (Phi) is 2.50. The van der Waals surface area contributed by atoms with Crippen molar-refractivity contribution < 1.29 is 23.1 Å². The van der Waals surface area contributed by atoms with Crippen LogP contribution in [0.2, 0.25) is 5.02 Å². The first-order valence-electron chi connectivity index (χ1n) is 4.26. The van der Waals surface area contributed by atoms with Crippen LogP contribution in [0.3, 0.4) is 0 Å². The molecule has 4 nitrogen and oxygen atoms in total. The normalized spacial score (nSPS) is 12.0. The zero-order valence-electron chi connectivity index (χ0n) is 7.95. The predicted molar refractivity (Wildman–Crippen MR) is 49.5 cm³/mol. The predicted octanol–water partition coefficient (Wildman–Crippen LogP) is 1.37. The van der Waals surface area contributed by atoms with E-state index in [0.29, 0.717) is 12.3 Å². The molecule has 0 amide bonds. The van der Waals surface area contributed by atoms with Gasteiger partial charge in [0.2, 0.25) is 0 Å². The molecule has 0 atom stereocenters. The van der Waals surface area contributed by atoms with Crippen molar-refractivity contribution in [3.8, 4) is 0 Å². The van der Waals surface area contributed by atoms with E-state index in [2.05, 4.69) is 4.98 Å². The van der Waals surface area contributed by atoms with Crippen LogP contribution in [0.1, 0.15) is 16.1 Å². The summed E-state index contributed by atoms with van der Waals surface area (Å²) in [7, 11) is 0. The first-order valence-corrected chi connectivity index (χ1v) is 4.63. The molecule has 2 aromatic rings. The van der Waals surface area contributed by atoms with Crippen LogP contribution in [-0.4, -0.2) is 15.4 Å². The van der Waals surface area contributed by atoms with E-state index < -0.39 is 23.4 Å². The minimum Gasteiger partial charge on any atom is -0.543 e. The van der Waals surface area contributed by atoms with Gasteiger partial charge in [-0.25, -0.2) is 4.98 Å². The molecule has 0 fully saturated rings. The minimum atomic E-state index is -4.57. The van der Waals surface area contributed by atoms with Gasteiger partial charge < -0.3 is 14.3 Å². The van der Waals surface area contributed by atoms with E-state index in [1.54, 1.807) is 0 Å². The molecular weight excluding hydrogens is 261 g/mol. The highest BCUT2D eigenvalue weighted by Crippen LogP contribution is 2.32. The fourth-order valence-corrected chi connectivity index (χ4v) is 1.57.